The SMILES string of the molecule is Cc1cc(S(N)(=O)=O)cc(NC(=O)CSC2=Nc3ccccc3CS2)c1C. The number of nitrogens with one attached hydrogen (secondary N) is 1. The van der Waals surface area contributed by atoms with Gasteiger partial charge in [0.25, 0.3) is 0 Å². The van der Waals surface area contributed by atoms with Crippen LogP contribution in [-0.2, 0) is 20.6 Å². The molecule has 2 aromatic carbocycles. The van der Waals surface area contributed by atoms with Crippen molar-refractivity contribution in [3.05, 3.63) is 53.1 Å². The molecule has 0 atom stereocenters. The summed E-state index contributed by atoms with van der Waals surface area (Å²) in [5.41, 5.74) is 4.12. The van der Waals surface area contributed by atoms with Crippen molar-refractivity contribution in [3.8, 4) is 0 Å². The average molecular weight is 422 g/mol. The van der Waals surface area contributed by atoms with Crippen molar-refractivity contribution in [3.63, 3.8) is 0 Å². The lowest BCUT2D eigenvalue weighted by Gasteiger charge is -2.15. The summed E-state index contributed by atoms with van der Waals surface area (Å²) in [6, 6.07) is 10.8. The van der Waals surface area contributed by atoms with Crippen LogP contribution in [0.25, 0.3) is 0 Å². The number of primary sulfonamides is 1. The van der Waals surface area contributed by atoms with Crippen molar-refractivity contribution in [2.24, 2.45) is 10.1 Å². The molecular formula is C18H19N3O3S3. The zero-order valence-electron chi connectivity index (χ0n) is 14.9. The number of sulfonamides is 1. The fourth-order valence-corrected chi connectivity index (χ4v) is 5.01. The van der Waals surface area contributed by atoms with Gasteiger partial charge in [-0.2, -0.15) is 0 Å². The number of rotatable bonds is 4. The number of hydrogen-bond donors (Lipinski definition) is 2. The lowest BCUT2D eigenvalue weighted by molar-refractivity contribution is -0.113. The number of anilines is 1. The molecule has 1 aliphatic rings. The number of carbonyl (C=O) groups is 1. The van der Waals surface area contributed by atoms with Crippen molar-refractivity contribution >= 4 is 55.2 Å². The minimum Gasteiger partial charge on any atom is -0.325 e. The molecule has 1 aliphatic heterocycles. The van der Waals surface area contributed by atoms with Crippen LogP contribution < -0.4 is 10.5 Å². The standard InChI is InChI=1S/C18H19N3O3S3/c1-11-7-14(27(19,23)24)8-16(12(11)2)20-17(22)10-26-18-21-15-6-4-3-5-13(15)9-25-18/h3-8H,9-10H2,1-2H3,(H,20,22)(H2,19,23,24). The molecule has 0 aliphatic carbocycles. The van der Waals surface area contributed by atoms with E-state index in [1.807, 2.05) is 31.2 Å². The van der Waals surface area contributed by atoms with E-state index < -0.39 is 10.0 Å². The van der Waals surface area contributed by atoms with Gasteiger partial charge >= 0.3 is 0 Å². The van der Waals surface area contributed by atoms with Gasteiger partial charge in [-0.1, -0.05) is 41.7 Å². The number of fused-ring (bicyclic) bond motifs is 1. The summed E-state index contributed by atoms with van der Waals surface area (Å²) in [5, 5.41) is 7.99. The van der Waals surface area contributed by atoms with E-state index in [1.165, 1.54) is 29.5 Å². The molecule has 0 saturated carbocycles. The van der Waals surface area contributed by atoms with Gasteiger partial charge in [-0.3, -0.25) is 4.79 Å². The number of benzene rings is 2. The maximum absolute atomic E-state index is 12.3. The third-order valence-electron chi connectivity index (χ3n) is 4.12. The second-order valence-electron chi connectivity index (χ2n) is 6.09. The Bertz CT molecular complexity index is 1030. The van der Waals surface area contributed by atoms with Gasteiger partial charge in [0.1, 0.15) is 4.38 Å². The topological polar surface area (TPSA) is 102 Å². The Labute approximate surface area is 167 Å². The molecule has 3 N–H and O–H groups in total. The van der Waals surface area contributed by atoms with Gasteiger partial charge in [0.15, 0.2) is 0 Å². The van der Waals surface area contributed by atoms with E-state index in [9.17, 15) is 13.2 Å². The number of thioether (sulfide) groups is 2. The van der Waals surface area contributed by atoms with E-state index in [0.717, 1.165) is 26.9 Å². The predicted octanol–water partition coefficient (Wildman–Crippen LogP) is 3.56. The average Bonchev–Trinajstić information content (AvgIpc) is 2.62. The third kappa shape index (κ3) is 4.92. The monoisotopic (exact) mass is 421 g/mol. The molecule has 0 fully saturated rings. The van der Waals surface area contributed by atoms with Crippen LogP contribution in [0.3, 0.4) is 0 Å². The van der Waals surface area contributed by atoms with Gasteiger partial charge in [0.05, 0.1) is 16.3 Å². The molecule has 0 unspecified atom stereocenters. The van der Waals surface area contributed by atoms with Crippen LogP contribution in [0, 0.1) is 13.8 Å². The maximum Gasteiger partial charge on any atom is 0.238 e. The number of nitrogens with zero attached hydrogens (tertiary/aromatic N) is 1. The molecule has 6 nitrogen and oxygen atoms in total. The molecule has 1 heterocycles. The van der Waals surface area contributed by atoms with Gasteiger partial charge in [0, 0.05) is 11.4 Å². The number of hydrogen-bond acceptors (Lipinski definition) is 6. The zero-order valence-corrected chi connectivity index (χ0v) is 17.3. The second kappa shape index (κ2) is 8.05. The minimum atomic E-state index is -3.84. The van der Waals surface area contributed by atoms with Gasteiger partial charge in [-0.15, -0.1) is 0 Å². The molecular weight excluding hydrogens is 402 g/mol. The van der Waals surface area contributed by atoms with Crippen LogP contribution in [0.5, 0.6) is 0 Å². The van der Waals surface area contributed by atoms with Crippen LogP contribution in [0.15, 0.2) is 46.3 Å². The summed E-state index contributed by atoms with van der Waals surface area (Å²) < 4.78 is 24.1. The Hall–Kier alpha value is -1.81. The summed E-state index contributed by atoms with van der Waals surface area (Å²) in [6.45, 7) is 3.60. The molecule has 0 radical (unpaired) electrons. The van der Waals surface area contributed by atoms with E-state index >= 15 is 0 Å². The highest BCUT2D eigenvalue weighted by molar-refractivity contribution is 8.38. The van der Waals surface area contributed by atoms with Crippen molar-refractivity contribution in [1.82, 2.24) is 0 Å². The van der Waals surface area contributed by atoms with E-state index in [0.29, 0.717) is 5.69 Å². The van der Waals surface area contributed by atoms with Crippen LogP contribution in [-0.4, -0.2) is 24.5 Å². The smallest absolute Gasteiger partial charge is 0.238 e. The number of amides is 1. The quantitative estimate of drug-likeness (QED) is 0.786. The summed E-state index contributed by atoms with van der Waals surface area (Å²) in [6.07, 6.45) is 0. The van der Waals surface area contributed by atoms with Crippen LogP contribution in [0.1, 0.15) is 16.7 Å². The van der Waals surface area contributed by atoms with Gasteiger partial charge in [0.2, 0.25) is 15.9 Å². The molecule has 9 heteroatoms. The summed E-state index contributed by atoms with van der Waals surface area (Å²) in [5.74, 6) is 0.793. The number of para-hydroxylation sites is 1. The minimum absolute atomic E-state index is 0.0163. The van der Waals surface area contributed by atoms with Crippen LogP contribution >= 0.6 is 23.5 Å². The summed E-state index contributed by atoms with van der Waals surface area (Å²) in [4.78, 5) is 16.9. The Morgan fingerprint density at radius 1 is 1.30 bits per heavy atom. The number of nitrogens with two attached hydrogens (primary N) is 1. The Kier molecular flexibility index (Phi) is 5.95. The Balaban J connectivity index is 1.69. The van der Waals surface area contributed by atoms with E-state index in [-0.39, 0.29) is 16.6 Å². The molecule has 2 aromatic rings. The first-order valence-electron chi connectivity index (χ1n) is 8.10. The molecule has 0 saturated heterocycles. The van der Waals surface area contributed by atoms with E-state index in [2.05, 4.69) is 10.3 Å². The first kappa shape index (κ1) is 19.9. The first-order chi connectivity index (χ1) is 12.7. The summed E-state index contributed by atoms with van der Waals surface area (Å²) >= 11 is 2.97. The van der Waals surface area contributed by atoms with Crippen molar-refractivity contribution < 1.29 is 13.2 Å². The van der Waals surface area contributed by atoms with Crippen molar-refractivity contribution in [2.45, 2.75) is 24.5 Å². The highest BCUT2D eigenvalue weighted by atomic mass is 32.2. The van der Waals surface area contributed by atoms with Crippen LogP contribution in [0.4, 0.5) is 11.4 Å². The molecule has 27 heavy (non-hydrogen) atoms. The van der Waals surface area contributed by atoms with Crippen molar-refractivity contribution in [2.75, 3.05) is 11.1 Å². The number of carbonyl (C=O) groups excluding carboxylic acids is 1. The van der Waals surface area contributed by atoms with Gasteiger partial charge in [-0.25, -0.2) is 18.5 Å². The Morgan fingerprint density at radius 3 is 2.78 bits per heavy atom. The molecule has 0 spiro atoms. The van der Waals surface area contributed by atoms with E-state index in [4.69, 9.17) is 5.14 Å². The molecule has 1 amide bonds. The highest BCUT2D eigenvalue weighted by Gasteiger charge is 2.16. The Morgan fingerprint density at radius 2 is 2.04 bits per heavy atom. The highest BCUT2D eigenvalue weighted by Crippen LogP contribution is 2.34. The lowest BCUT2D eigenvalue weighted by Crippen LogP contribution is -2.18. The summed E-state index contributed by atoms with van der Waals surface area (Å²) in [7, 11) is -3.84. The first-order valence-corrected chi connectivity index (χ1v) is 11.6. The number of aryl methyl sites for hydroxylation is 1. The lowest BCUT2D eigenvalue weighted by atomic mass is 10.1. The number of aliphatic imine (C=N–C) groups is 1. The normalized spacial score (nSPS) is 13.7. The molecule has 3 rings (SSSR count). The zero-order chi connectivity index (χ0) is 19.6. The molecule has 142 valence electrons. The second-order valence-corrected chi connectivity index (χ2v) is 9.84. The van der Waals surface area contributed by atoms with Crippen molar-refractivity contribution in [1.29, 1.82) is 0 Å². The van der Waals surface area contributed by atoms with Gasteiger partial charge < -0.3 is 5.32 Å². The predicted molar refractivity (Wildman–Crippen MR) is 113 cm³/mol. The fourth-order valence-electron chi connectivity index (χ4n) is 2.52. The third-order valence-corrected chi connectivity index (χ3v) is 7.26. The molecule has 0 aromatic heterocycles. The molecule has 0 bridgehead atoms. The largest absolute Gasteiger partial charge is 0.325 e. The maximum atomic E-state index is 12.3. The fraction of sp³-hybridized carbons (Fsp3) is 0.222. The van der Waals surface area contributed by atoms with Gasteiger partial charge in [-0.05, 0) is 48.7 Å². The van der Waals surface area contributed by atoms with E-state index in [1.54, 1.807) is 18.7 Å². The van der Waals surface area contributed by atoms with Crippen LogP contribution in [0.2, 0.25) is 0 Å².